The molecule has 0 aromatic carbocycles. The Balaban J connectivity index is 2.33. The van der Waals surface area contributed by atoms with Crippen LogP contribution in [0.4, 0.5) is 10.2 Å². The van der Waals surface area contributed by atoms with Crippen molar-refractivity contribution in [2.45, 2.75) is 19.4 Å². The number of hydrogen-bond donors (Lipinski definition) is 1. The van der Waals surface area contributed by atoms with Crippen LogP contribution in [0.25, 0.3) is 0 Å². The van der Waals surface area contributed by atoms with E-state index >= 15 is 0 Å². The predicted octanol–water partition coefficient (Wildman–Crippen LogP) is 1.70. The molecule has 0 bridgehead atoms. The maximum absolute atomic E-state index is 13.8. The zero-order chi connectivity index (χ0) is 12.4. The van der Waals surface area contributed by atoms with Crippen LogP contribution in [-0.2, 0) is 4.79 Å². The maximum atomic E-state index is 13.8. The molecule has 1 atom stereocenters. The minimum atomic E-state index is -0.410. The van der Waals surface area contributed by atoms with E-state index in [9.17, 15) is 9.18 Å². The highest BCUT2D eigenvalue weighted by molar-refractivity contribution is 9.10. The van der Waals surface area contributed by atoms with Gasteiger partial charge in [0.1, 0.15) is 6.04 Å². The lowest BCUT2D eigenvalue weighted by atomic mass is 10.1. The topological polar surface area (TPSA) is 45.2 Å². The van der Waals surface area contributed by atoms with Gasteiger partial charge < -0.3 is 10.2 Å². The molecule has 17 heavy (non-hydrogen) atoms. The third kappa shape index (κ3) is 2.41. The highest BCUT2D eigenvalue weighted by Crippen LogP contribution is 2.23. The number of aromatic nitrogens is 1. The van der Waals surface area contributed by atoms with Crippen LogP contribution in [0.5, 0.6) is 0 Å². The molecule has 6 heteroatoms. The normalized spacial score (nSPS) is 20.3. The van der Waals surface area contributed by atoms with Crippen molar-refractivity contribution < 1.29 is 9.18 Å². The molecule has 1 amide bonds. The van der Waals surface area contributed by atoms with Gasteiger partial charge in [0.15, 0.2) is 11.6 Å². The highest BCUT2D eigenvalue weighted by Gasteiger charge is 2.30. The molecule has 1 aromatic heterocycles. The van der Waals surface area contributed by atoms with Gasteiger partial charge in [-0.2, -0.15) is 0 Å². The average Bonchev–Trinajstić information content (AvgIpc) is 2.29. The molecule has 2 rings (SSSR count). The maximum Gasteiger partial charge on any atom is 0.242 e. The van der Waals surface area contributed by atoms with Crippen LogP contribution in [0.2, 0.25) is 0 Å². The fourth-order valence-electron chi connectivity index (χ4n) is 1.99. The molecule has 1 aliphatic heterocycles. The van der Waals surface area contributed by atoms with Crippen LogP contribution >= 0.6 is 15.9 Å². The summed E-state index contributed by atoms with van der Waals surface area (Å²) < 4.78 is 14.4. The van der Waals surface area contributed by atoms with Gasteiger partial charge in [-0.15, -0.1) is 0 Å². The second-order valence-corrected chi connectivity index (χ2v) is 4.78. The summed E-state index contributed by atoms with van der Waals surface area (Å²) in [5, 5.41) is 2.77. The molecule has 1 unspecified atom stereocenters. The first-order valence-corrected chi connectivity index (χ1v) is 6.28. The summed E-state index contributed by atoms with van der Waals surface area (Å²) in [7, 11) is 0. The molecule has 0 saturated carbocycles. The van der Waals surface area contributed by atoms with Gasteiger partial charge in [-0.25, -0.2) is 9.37 Å². The standard InChI is InChI=1S/C11H13BrFN3O/c1-2-9-11(17)14-3-4-16(9)10-8(13)5-7(12)6-15-10/h5-6,9H,2-4H2,1H3,(H,14,17). The van der Waals surface area contributed by atoms with Crippen molar-refractivity contribution in [3.05, 3.63) is 22.6 Å². The molecule has 1 aliphatic rings. The molecular formula is C11H13BrFN3O. The van der Waals surface area contributed by atoms with E-state index in [1.807, 2.05) is 6.92 Å². The minimum Gasteiger partial charge on any atom is -0.353 e. The smallest absolute Gasteiger partial charge is 0.242 e. The van der Waals surface area contributed by atoms with Crippen molar-refractivity contribution in [3.63, 3.8) is 0 Å². The van der Waals surface area contributed by atoms with Gasteiger partial charge in [0.2, 0.25) is 5.91 Å². The number of rotatable bonds is 2. The van der Waals surface area contributed by atoms with E-state index in [4.69, 9.17) is 0 Å². The lowest BCUT2D eigenvalue weighted by molar-refractivity contribution is -0.123. The molecule has 0 aliphatic carbocycles. The van der Waals surface area contributed by atoms with Crippen molar-refractivity contribution >= 4 is 27.7 Å². The van der Waals surface area contributed by atoms with Gasteiger partial charge in [0.25, 0.3) is 0 Å². The fourth-order valence-corrected chi connectivity index (χ4v) is 2.30. The van der Waals surface area contributed by atoms with Gasteiger partial charge in [-0.3, -0.25) is 4.79 Å². The first-order valence-electron chi connectivity index (χ1n) is 5.49. The van der Waals surface area contributed by atoms with E-state index < -0.39 is 5.82 Å². The molecule has 1 saturated heterocycles. The highest BCUT2D eigenvalue weighted by atomic mass is 79.9. The summed E-state index contributed by atoms with van der Waals surface area (Å²) in [5.41, 5.74) is 0. The molecule has 0 radical (unpaired) electrons. The van der Waals surface area contributed by atoms with E-state index in [0.29, 0.717) is 24.0 Å². The number of amides is 1. The third-order valence-electron chi connectivity index (χ3n) is 2.78. The SMILES string of the molecule is CCC1C(=O)NCCN1c1ncc(Br)cc1F. The third-order valence-corrected chi connectivity index (χ3v) is 3.21. The van der Waals surface area contributed by atoms with Crippen molar-refractivity contribution in [2.24, 2.45) is 0 Å². The van der Waals surface area contributed by atoms with Crippen LogP contribution in [0, 0.1) is 5.82 Å². The number of halogens is 2. The number of pyridine rings is 1. The number of piperazine rings is 1. The van der Waals surface area contributed by atoms with Gasteiger partial charge in [-0.1, -0.05) is 6.92 Å². The number of anilines is 1. The number of carbonyl (C=O) groups is 1. The van der Waals surface area contributed by atoms with Crippen LogP contribution in [0.15, 0.2) is 16.7 Å². The number of hydrogen-bond acceptors (Lipinski definition) is 3. The summed E-state index contributed by atoms with van der Waals surface area (Å²) in [6.07, 6.45) is 2.17. The number of nitrogens with one attached hydrogen (secondary N) is 1. The molecule has 1 N–H and O–H groups in total. The summed E-state index contributed by atoms with van der Waals surface area (Å²) >= 11 is 3.16. The van der Waals surface area contributed by atoms with Crippen LogP contribution in [-0.4, -0.2) is 30.0 Å². The van der Waals surface area contributed by atoms with E-state index in [1.54, 1.807) is 4.90 Å². The summed E-state index contributed by atoms with van der Waals surface area (Å²) in [6.45, 7) is 3.00. The Hall–Kier alpha value is -1.17. The van der Waals surface area contributed by atoms with Gasteiger partial charge in [0.05, 0.1) is 0 Å². The Kier molecular flexibility index (Phi) is 3.61. The lowest BCUT2D eigenvalue weighted by Crippen LogP contribution is -2.55. The Morgan fingerprint density at radius 2 is 2.47 bits per heavy atom. The molecule has 1 fully saturated rings. The first kappa shape index (κ1) is 12.3. The van der Waals surface area contributed by atoms with Crippen molar-refractivity contribution in [1.29, 1.82) is 0 Å². The predicted molar refractivity (Wildman–Crippen MR) is 66.3 cm³/mol. The van der Waals surface area contributed by atoms with Gasteiger partial charge >= 0.3 is 0 Å². The van der Waals surface area contributed by atoms with Crippen molar-refractivity contribution in [1.82, 2.24) is 10.3 Å². The minimum absolute atomic E-state index is 0.0668. The molecule has 4 nitrogen and oxygen atoms in total. The summed E-state index contributed by atoms with van der Waals surface area (Å²) in [6, 6.07) is 1.02. The molecule has 0 spiro atoms. The van der Waals surface area contributed by atoms with Gasteiger partial charge in [0, 0.05) is 23.8 Å². The van der Waals surface area contributed by atoms with E-state index in [1.165, 1.54) is 12.3 Å². The lowest BCUT2D eigenvalue weighted by Gasteiger charge is -2.35. The number of nitrogens with zero attached hydrogens (tertiary/aromatic N) is 2. The Morgan fingerprint density at radius 3 is 3.12 bits per heavy atom. The number of carbonyl (C=O) groups excluding carboxylic acids is 1. The zero-order valence-corrected chi connectivity index (χ0v) is 11.0. The Morgan fingerprint density at radius 1 is 1.71 bits per heavy atom. The largest absolute Gasteiger partial charge is 0.353 e. The van der Waals surface area contributed by atoms with Gasteiger partial charge in [-0.05, 0) is 28.4 Å². The quantitative estimate of drug-likeness (QED) is 0.904. The fraction of sp³-hybridized carbons (Fsp3) is 0.455. The molecule has 1 aromatic rings. The van der Waals surface area contributed by atoms with Crippen molar-refractivity contribution in [2.75, 3.05) is 18.0 Å². The van der Waals surface area contributed by atoms with Crippen LogP contribution in [0.1, 0.15) is 13.3 Å². The van der Waals surface area contributed by atoms with E-state index in [2.05, 4.69) is 26.2 Å². The molecule has 2 heterocycles. The summed E-state index contributed by atoms with van der Waals surface area (Å²) in [5.74, 6) is -0.231. The average molecular weight is 302 g/mol. The monoisotopic (exact) mass is 301 g/mol. The zero-order valence-electron chi connectivity index (χ0n) is 9.41. The Bertz CT molecular complexity index is 441. The summed E-state index contributed by atoms with van der Waals surface area (Å²) in [4.78, 5) is 17.5. The first-order chi connectivity index (χ1) is 8.13. The van der Waals surface area contributed by atoms with Crippen LogP contribution < -0.4 is 10.2 Å². The van der Waals surface area contributed by atoms with E-state index in [0.717, 1.165) is 0 Å². The Labute approximate surface area is 107 Å². The second kappa shape index (κ2) is 5.00. The second-order valence-electron chi connectivity index (χ2n) is 3.87. The van der Waals surface area contributed by atoms with Crippen LogP contribution in [0.3, 0.4) is 0 Å². The van der Waals surface area contributed by atoms with E-state index in [-0.39, 0.29) is 17.8 Å². The molecule has 92 valence electrons. The van der Waals surface area contributed by atoms with Crippen molar-refractivity contribution in [3.8, 4) is 0 Å². The molecular weight excluding hydrogens is 289 g/mol.